The molecule has 3 rings (SSSR count). The van der Waals surface area contributed by atoms with Gasteiger partial charge in [0, 0.05) is 28.7 Å². The molecule has 1 aliphatic rings. The first-order chi connectivity index (χ1) is 13.1. The molecule has 0 saturated carbocycles. The predicted molar refractivity (Wildman–Crippen MR) is 106 cm³/mol. The van der Waals surface area contributed by atoms with Crippen LogP contribution in [-0.2, 0) is 0 Å². The summed E-state index contributed by atoms with van der Waals surface area (Å²) >= 11 is 0. The van der Waals surface area contributed by atoms with E-state index in [2.05, 4.69) is 13.0 Å². The van der Waals surface area contributed by atoms with Crippen molar-refractivity contribution < 1.29 is 23.7 Å². The number of benzene rings is 2. The number of hydrogen-bond donors (Lipinski definition) is 0. The summed E-state index contributed by atoms with van der Waals surface area (Å²) in [6.07, 6.45) is 3.89. The monoisotopic (exact) mass is 370 g/mol. The SMILES string of the molecule is CC=Cc1cc2c(cc1OC)OC(c1cc(OC)c(OC)c(OC)c1)C2C. The smallest absolute Gasteiger partial charge is 0.203 e. The van der Waals surface area contributed by atoms with Crippen LogP contribution in [0.4, 0.5) is 0 Å². The van der Waals surface area contributed by atoms with E-state index in [1.165, 1.54) is 0 Å². The normalized spacial score (nSPS) is 18.1. The fourth-order valence-corrected chi connectivity index (χ4v) is 3.56. The van der Waals surface area contributed by atoms with Gasteiger partial charge in [-0.1, -0.05) is 19.1 Å². The maximum absolute atomic E-state index is 6.30. The number of ether oxygens (including phenoxy) is 5. The molecule has 0 radical (unpaired) electrons. The fourth-order valence-electron chi connectivity index (χ4n) is 3.56. The Kier molecular flexibility index (Phi) is 5.49. The van der Waals surface area contributed by atoms with E-state index in [1.54, 1.807) is 28.4 Å². The van der Waals surface area contributed by atoms with Crippen molar-refractivity contribution in [1.29, 1.82) is 0 Å². The zero-order valence-electron chi connectivity index (χ0n) is 16.7. The Morgan fingerprint density at radius 1 is 0.852 bits per heavy atom. The van der Waals surface area contributed by atoms with Crippen LogP contribution in [0.25, 0.3) is 6.08 Å². The summed E-state index contributed by atoms with van der Waals surface area (Å²) < 4.78 is 28.2. The number of allylic oxidation sites excluding steroid dienone is 1. The van der Waals surface area contributed by atoms with E-state index < -0.39 is 0 Å². The van der Waals surface area contributed by atoms with Crippen LogP contribution in [0.2, 0.25) is 0 Å². The lowest BCUT2D eigenvalue weighted by molar-refractivity contribution is 0.213. The molecule has 5 nitrogen and oxygen atoms in total. The van der Waals surface area contributed by atoms with Gasteiger partial charge in [-0.15, -0.1) is 0 Å². The summed E-state index contributed by atoms with van der Waals surface area (Å²) in [5.74, 6) is 3.61. The Hall–Kier alpha value is -2.82. The van der Waals surface area contributed by atoms with E-state index in [0.717, 1.165) is 28.2 Å². The zero-order chi connectivity index (χ0) is 19.6. The second-order valence-corrected chi connectivity index (χ2v) is 6.42. The lowest BCUT2D eigenvalue weighted by Gasteiger charge is -2.19. The summed E-state index contributed by atoms with van der Waals surface area (Å²) in [5, 5.41) is 0. The highest BCUT2D eigenvalue weighted by atomic mass is 16.5. The number of hydrogen-bond acceptors (Lipinski definition) is 5. The first-order valence-electron chi connectivity index (χ1n) is 8.89. The van der Waals surface area contributed by atoms with Crippen molar-refractivity contribution in [1.82, 2.24) is 0 Å². The van der Waals surface area contributed by atoms with Crippen LogP contribution in [0.1, 0.15) is 42.6 Å². The molecule has 1 heterocycles. The quantitative estimate of drug-likeness (QED) is 0.717. The highest BCUT2D eigenvalue weighted by Crippen LogP contribution is 2.50. The van der Waals surface area contributed by atoms with Gasteiger partial charge in [0.15, 0.2) is 11.5 Å². The van der Waals surface area contributed by atoms with E-state index in [1.807, 2.05) is 37.3 Å². The topological polar surface area (TPSA) is 46.2 Å². The molecular formula is C22H26O5. The Morgan fingerprint density at radius 3 is 2.00 bits per heavy atom. The maximum Gasteiger partial charge on any atom is 0.203 e. The summed E-state index contributed by atoms with van der Waals surface area (Å²) in [6.45, 7) is 4.15. The second kappa shape index (κ2) is 7.82. The number of fused-ring (bicyclic) bond motifs is 1. The van der Waals surface area contributed by atoms with Gasteiger partial charge < -0.3 is 23.7 Å². The van der Waals surface area contributed by atoms with Crippen molar-refractivity contribution in [2.75, 3.05) is 28.4 Å². The standard InChI is InChI=1S/C22H26O5/c1-7-8-14-9-16-13(2)21(27-18(16)12-17(14)23-3)15-10-19(24-4)22(26-6)20(11-15)25-5/h7-13,21H,1-6H3. The molecule has 0 fully saturated rings. The van der Waals surface area contributed by atoms with Crippen LogP contribution in [0.3, 0.4) is 0 Å². The van der Waals surface area contributed by atoms with Crippen LogP contribution in [-0.4, -0.2) is 28.4 Å². The van der Waals surface area contributed by atoms with Crippen LogP contribution < -0.4 is 23.7 Å². The lowest BCUT2D eigenvalue weighted by Crippen LogP contribution is -2.08. The van der Waals surface area contributed by atoms with Crippen molar-refractivity contribution in [3.63, 3.8) is 0 Å². The van der Waals surface area contributed by atoms with Crippen LogP contribution in [0.5, 0.6) is 28.7 Å². The van der Waals surface area contributed by atoms with E-state index in [9.17, 15) is 0 Å². The first-order valence-corrected chi connectivity index (χ1v) is 8.89. The highest BCUT2D eigenvalue weighted by Gasteiger charge is 2.34. The van der Waals surface area contributed by atoms with E-state index in [-0.39, 0.29) is 12.0 Å². The summed E-state index contributed by atoms with van der Waals surface area (Å²) in [5.41, 5.74) is 3.17. The summed E-state index contributed by atoms with van der Waals surface area (Å²) in [4.78, 5) is 0. The molecule has 0 N–H and O–H groups in total. The average molecular weight is 370 g/mol. The molecule has 27 heavy (non-hydrogen) atoms. The summed E-state index contributed by atoms with van der Waals surface area (Å²) in [6, 6.07) is 7.98. The molecule has 2 unspecified atom stereocenters. The summed E-state index contributed by atoms with van der Waals surface area (Å²) in [7, 11) is 6.50. The van der Waals surface area contributed by atoms with E-state index in [4.69, 9.17) is 23.7 Å². The Balaban J connectivity index is 2.04. The molecule has 0 aromatic heterocycles. The lowest BCUT2D eigenvalue weighted by atomic mass is 9.91. The Labute approximate surface area is 160 Å². The Bertz CT molecular complexity index is 831. The van der Waals surface area contributed by atoms with Crippen molar-refractivity contribution in [2.24, 2.45) is 0 Å². The zero-order valence-corrected chi connectivity index (χ0v) is 16.7. The molecule has 2 atom stereocenters. The molecular weight excluding hydrogens is 344 g/mol. The Morgan fingerprint density at radius 2 is 1.48 bits per heavy atom. The van der Waals surface area contributed by atoms with Gasteiger partial charge in [0.1, 0.15) is 17.6 Å². The van der Waals surface area contributed by atoms with Gasteiger partial charge in [-0.05, 0) is 25.1 Å². The van der Waals surface area contributed by atoms with Gasteiger partial charge in [-0.25, -0.2) is 0 Å². The molecule has 2 aromatic rings. The van der Waals surface area contributed by atoms with Gasteiger partial charge in [0.25, 0.3) is 0 Å². The maximum atomic E-state index is 6.30. The first kappa shape index (κ1) is 19.0. The van der Waals surface area contributed by atoms with E-state index in [0.29, 0.717) is 17.2 Å². The molecule has 144 valence electrons. The van der Waals surface area contributed by atoms with Gasteiger partial charge in [-0.3, -0.25) is 0 Å². The third kappa shape index (κ3) is 3.29. The molecule has 0 saturated heterocycles. The minimum Gasteiger partial charge on any atom is -0.496 e. The second-order valence-electron chi connectivity index (χ2n) is 6.42. The third-order valence-corrected chi connectivity index (χ3v) is 4.92. The van der Waals surface area contributed by atoms with Crippen LogP contribution in [0.15, 0.2) is 30.3 Å². The van der Waals surface area contributed by atoms with Crippen molar-refractivity contribution >= 4 is 6.08 Å². The fraction of sp³-hybridized carbons (Fsp3) is 0.364. The molecule has 0 bridgehead atoms. The molecule has 0 spiro atoms. The third-order valence-electron chi connectivity index (χ3n) is 4.92. The molecule has 0 amide bonds. The minimum atomic E-state index is -0.153. The van der Waals surface area contributed by atoms with Crippen molar-refractivity contribution in [3.05, 3.63) is 47.0 Å². The minimum absolute atomic E-state index is 0.153. The number of rotatable bonds is 6. The van der Waals surface area contributed by atoms with Gasteiger partial charge >= 0.3 is 0 Å². The van der Waals surface area contributed by atoms with Crippen LogP contribution in [0, 0.1) is 0 Å². The molecule has 0 aliphatic carbocycles. The molecule has 1 aliphatic heterocycles. The predicted octanol–water partition coefficient (Wildman–Crippen LogP) is 4.99. The van der Waals surface area contributed by atoms with Gasteiger partial charge in [0.2, 0.25) is 5.75 Å². The molecule has 2 aromatic carbocycles. The average Bonchev–Trinajstić information content (AvgIpc) is 3.02. The van der Waals surface area contributed by atoms with Gasteiger partial charge in [-0.2, -0.15) is 0 Å². The van der Waals surface area contributed by atoms with Crippen molar-refractivity contribution in [2.45, 2.75) is 25.9 Å². The number of methoxy groups -OCH3 is 4. The largest absolute Gasteiger partial charge is 0.496 e. The van der Waals surface area contributed by atoms with Gasteiger partial charge in [0.05, 0.1) is 28.4 Å². The highest BCUT2D eigenvalue weighted by molar-refractivity contribution is 5.63. The molecule has 5 heteroatoms. The van der Waals surface area contributed by atoms with Crippen molar-refractivity contribution in [3.8, 4) is 28.7 Å². The van der Waals surface area contributed by atoms with E-state index >= 15 is 0 Å². The van der Waals surface area contributed by atoms with Crippen LogP contribution >= 0.6 is 0 Å².